The predicted molar refractivity (Wildman–Crippen MR) is 83.0 cm³/mol. The summed E-state index contributed by atoms with van der Waals surface area (Å²) in [6.45, 7) is 6.32. The van der Waals surface area contributed by atoms with E-state index in [9.17, 15) is 4.79 Å². The molecule has 0 aliphatic carbocycles. The van der Waals surface area contributed by atoms with Crippen LogP contribution in [0.2, 0.25) is 0 Å². The normalized spacial score (nSPS) is 10.7. The fourth-order valence-corrected chi connectivity index (χ4v) is 1.69. The highest BCUT2D eigenvalue weighted by Crippen LogP contribution is 2.20. The largest absolute Gasteiger partial charge is 0.397 e. The summed E-state index contributed by atoms with van der Waals surface area (Å²) in [5, 5.41) is 3.21. The van der Waals surface area contributed by atoms with E-state index in [1.165, 1.54) is 4.90 Å². The van der Waals surface area contributed by atoms with Gasteiger partial charge in [-0.1, -0.05) is 13.8 Å². The van der Waals surface area contributed by atoms with Crippen molar-refractivity contribution in [3.63, 3.8) is 0 Å². The van der Waals surface area contributed by atoms with Crippen molar-refractivity contribution in [3.05, 3.63) is 23.8 Å². The lowest BCUT2D eigenvalue weighted by Gasteiger charge is -2.14. The summed E-state index contributed by atoms with van der Waals surface area (Å²) in [4.78, 5) is 13.3. The second-order valence-corrected chi connectivity index (χ2v) is 5.40. The number of anilines is 2. The molecule has 1 aromatic rings. The minimum atomic E-state index is -0.0523. The molecule has 0 heterocycles. The number of hydrogen-bond donors (Lipinski definition) is 2. The van der Waals surface area contributed by atoms with E-state index in [0.29, 0.717) is 30.3 Å². The van der Waals surface area contributed by atoms with E-state index < -0.39 is 0 Å². The smallest absolute Gasteiger partial charge is 0.253 e. The van der Waals surface area contributed by atoms with Crippen LogP contribution >= 0.6 is 0 Å². The molecule has 5 heteroatoms. The SMILES string of the molecule is CC(C)COCCNc1ccc(C(=O)N(C)C)cc1N. The molecule has 0 aliphatic rings. The van der Waals surface area contributed by atoms with Crippen molar-refractivity contribution in [1.29, 1.82) is 0 Å². The molecule has 0 spiro atoms. The Kier molecular flexibility index (Phi) is 6.31. The van der Waals surface area contributed by atoms with Crippen LogP contribution < -0.4 is 11.1 Å². The van der Waals surface area contributed by atoms with E-state index in [2.05, 4.69) is 19.2 Å². The first-order valence-corrected chi connectivity index (χ1v) is 6.84. The zero-order valence-corrected chi connectivity index (χ0v) is 12.8. The van der Waals surface area contributed by atoms with Gasteiger partial charge in [0.2, 0.25) is 0 Å². The number of carbonyl (C=O) groups is 1. The van der Waals surface area contributed by atoms with Gasteiger partial charge in [0, 0.05) is 32.8 Å². The van der Waals surface area contributed by atoms with Crippen LogP contribution in [0.4, 0.5) is 11.4 Å². The van der Waals surface area contributed by atoms with Gasteiger partial charge in [0.1, 0.15) is 0 Å². The summed E-state index contributed by atoms with van der Waals surface area (Å²) in [5.41, 5.74) is 7.94. The maximum absolute atomic E-state index is 11.8. The van der Waals surface area contributed by atoms with Crippen LogP contribution in [0, 0.1) is 5.92 Å². The molecule has 0 saturated heterocycles. The van der Waals surface area contributed by atoms with Crippen LogP contribution in [0.25, 0.3) is 0 Å². The summed E-state index contributed by atoms with van der Waals surface area (Å²) in [5.74, 6) is 0.486. The zero-order chi connectivity index (χ0) is 15.1. The Morgan fingerprint density at radius 2 is 2.10 bits per heavy atom. The molecule has 0 saturated carbocycles. The zero-order valence-electron chi connectivity index (χ0n) is 12.8. The van der Waals surface area contributed by atoms with Crippen LogP contribution in [-0.4, -0.2) is 44.7 Å². The van der Waals surface area contributed by atoms with E-state index in [1.807, 2.05) is 6.07 Å². The molecule has 1 amide bonds. The van der Waals surface area contributed by atoms with Gasteiger partial charge in [0.05, 0.1) is 18.0 Å². The lowest BCUT2D eigenvalue weighted by Crippen LogP contribution is -2.22. The Labute approximate surface area is 121 Å². The fraction of sp³-hybridized carbons (Fsp3) is 0.533. The average molecular weight is 279 g/mol. The molecule has 1 rings (SSSR count). The number of nitrogens with two attached hydrogens (primary N) is 1. The second-order valence-electron chi connectivity index (χ2n) is 5.40. The first kappa shape index (κ1) is 16.3. The molecule has 0 unspecified atom stereocenters. The molecule has 5 nitrogen and oxygen atoms in total. The average Bonchev–Trinajstić information content (AvgIpc) is 2.38. The summed E-state index contributed by atoms with van der Waals surface area (Å²) >= 11 is 0. The minimum absolute atomic E-state index is 0.0523. The van der Waals surface area contributed by atoms with E-state index in [-0.39, 0.29) is 5.91 Å². The standard InChI is InChI=1S/C15H25N3O2/c1-11(2)10-20-8-7-17-14-6-5-12(9-13(14)16)15(19)18(3)4/h5-6,9,11,17H,7-8,10,16H2,1-4H3. The summed E-state index contributed by atoms with van der Waals surface area (Å²) in [6, 6.07) is 5.30. The lowest BCUT2D eigenvalue weighted by atomic mass is 10.1. The maximum Gasteiger partial charge on any atom is 0.253 e. The first-order chi connectivity index (χ1) is 9.41. The fourth-order valence-electron chi connectivity index (χ4n) is 1.69. The van der Waals surface area contributed by atoms with Crippen LogP contribution in [0.5, 0.6) is 0 Å². The molecule has 3 N–H and O–H groups in total. The number of nitrogen functional groups attached to an aromatic ring is 1. The van der Waals surface area contributed by atoms with Crippen LogP contribution in [0.15, 0.2) is 18.2 Å². The molecule has 0 atom stereocenters. The number of nitrogens with one attached hydrogen (secondary N) is 1. The molecule has 112 valence electrons. The van der Waals surface area contributed by atoms with Crippen molar-refractivity contribution in [2.75, 3.05) is 44.9 Å². The highest BCUT2D eigenvalue weighted by atomic mass is 16.5. The molecule has 0 bridgehead atoms. The molecule has 0 aromatic heterocycles. The quantitative estimate of drug-likeness (QED) is 0.592. The number of hydrogen-bond acceptors (Lipinski definition) is 4. The third-order valence-corrected chi connectivity index (χ3v) is 2.72. The van der Waals surface area contributed by atoms with E-state index >= 15 is 0 Å². The Morgan fingerprint density at radius 1 is 1.40 bits per heavy atom. The Hall–Kier alpha value is -1.75. The second kappa shape index (κ2) is 7.75. The molecule has 0 fully saturated rings. The number of amides is 1. The van der Waals surface area contributed by atoms with Gasteiger partial charge < -0.3 is 20.7 Å². The van der Waals surface area contributed by atoms with Crippen LogP contribution in [-0.2, 0) is 4.74 Å². The maximum atomic E-state index is 11.8. The van der Waals surface area contributed by atoms with Gasteiger partial charge in [-0.15, -0.1) is 0 Å². The molecule has 1 aromatic carbocycles. The van der Waals surface area contributed by atoms with Crippen molar-refractivity contribution in [2.24, 2.45) is 5.92 Å². The third-order valence-electron chi connectivity index (χ3n) is 2.72. The number of benzene rings is 1. The Balaban J connectivity index is 2.50. The number of carbonyl (C=O) groups excluding carboxylic acids is 1. The molecule has 0 aliphatic heterocycles. The topological polar surface area (TPSA) is 67.6 Å². The first-order valence-electron chi connectivity index (χ1n) is 6.84. The minimum Gasteiger partial charge on any atom is -0.397 e. The van der Waals surface area contributed by atoms with E-state index in [0.717, 1.165) is 12.3 Å². The Bertz CT molecular complexity index is 445. The Morgan fingerprint density at radius 3 is 2.65 bits per heavy atom. The van der Waals surface area contributed by atoms with Gasteiger partial charge in [-0.2, -0.15) is 0 Å². The van der Waals surface area contributed by atoms with E-state index in [1.54, 1.807) is 26.2 Å². The summed E-state index contributed by atoms with van der Waals surface area (Å²) in [7, 11) is 3.44. The summed E-state index contributed by atoms with van der Waals surface area (Å²) in [6.07, 6.45) is 0. The van der Waals surface area contributed by atoms with Crippen molar-refractivity contribution >= 4 is 17.3 Å². The lowest BCUT2D eigenvalue weighted by molar-refractivity contribution is 0.0827. The molecule has 20 heavy (non-hydrogen) atoms. The van der Waals surface area contributed by atoms with Gasteiger partial charge in [0.15, 0.2) is 0 Å². The van der Waals surface area contributed by atoms with Gasteiger partial charge in [-0.25, -0.2) is 0 Å². The third kappa shape index (κ3) is 5.09. The van der Waals surface area contributed by atoms with Crippen molar-refractivity contribution in [2.45, 2.75) is 13.8 Å². The molecular formula is C15H25N3O2. The number of nitrogens with zero attached hydrogens (tertiary/aromatic N) is 1. The van der Waals surface area contributed by atoms with Crippen molar-refractivity contribution < 1.29 is 9.53 Å². The van der Waals surface area contributed by atoms with Gasteiger partial charge in [0.25, 0.3) is 5.91 Å². The number of rotatable bonds is 7. The summed E-state index contributed by atoms with van der Waals surface area (Å²) < 4.78 is 5.49. The number of ether oxygens (including phenoxy) is 1. The predicted octanol–water partition coefficient (Wildman–Crippen LogP) is 2.06. The highest BCUT2D eigenvalue weighted by molar-refractivity contribution is 5.95. The highest BCUT2D eigenvalue weighted by Gasteiger charge is 2.09. The van der Waals surface area contributed by atoms with Crippen molar-refractivity contribution in [3.8, 4) is 0 Å². The molecule has 0 radical (unpaired) electrons. The van der Waals surface area contributed by atoms with Crippen LogP contribution in [0.3, 0.4) is 0 Å². The van der Waals surface area contributed by atoms with Gasteiger partial charge in [-0.3, -0.25) is 4.79 Å². The van der Waals surface area contributed by atoms with Gasteiger partial charge in [-0.05, 0) is 24.1 Å². The van der Waals surface area contributed by atoms with Crippen LogP contribution in [0.1, 0.15) is 24.2 Å². The monoisotopic (exact) mass is 279 g/mol. The van der Waals surface area contributed by atoms with Crippen molar-refractivity contribution in [1.82, 2.24) is 4.90 Å². The van der Waals surface area contributed by atoms with E-state index in [4.69, 9.17) is 10.5 Å². The van der Waals surface area contributed by atoms with Gasteiger partial charge >= 0.3 is 0 Å². The molecular weight excluding hydrogens is 254 g/mol.